The smallest absolute Gasteiger partial charge is 0.188 e. The van der Waals surface area contributed by atoms with Crippen molar-refractivity contribution in [3.05, 3.63) is 35.9 Å². The van der Waals surface area contributed by atoms with E-state index in [4.69, 9.17) is 5.73 Å². The molecule has 1 aromatic rings. The second-order valence-electron chi connectivity index (χ2n) is 5.92. The van der Waals surface area contributed by atoms with E-state index < -0.39 is 0 Å². The van der Waals surface area contributed by atoms with Crippen molar-refractivity contribution in [2.24, 2.45) is 22.6 Å². The normalized spacial score (nSPS) is 26.8. The monoisotopic (exact) mass is 257 g/mol. The first kappa shape index (κ1) is 12.5. The van der Waals surface area contributed by atoms with Crippen LogP contribution in [0.3, 0.4) is 0 Å². The molecule has 0 bridgehead atoms. The summed E-state index contributed by atoms with van der Waals surface area (Å²) < 4.78 is 0. The molecule has 1 aromatic carbocycles. The van der Waals surface area contributed by atoms with Crippen LogP contribution in [0, 0.1) is 11.8 Å². The molecule has 0 radical (unpaired) electrons. The molecule has 2 aliphatic rings. The first-order valence-corrected chi connectivity index (χ1v) is 7.41. The molecule has 0 aliphatic heterocycles. The lowest BCUT2D eigenvalue weighted by atomic mass is 9.86. The molecule has 0 amide bonds. The fraction of sp³-hybridized carbons (Fsp3) is 0.562. The number of hydrogen-bond acceptors (Lipinski definition) is 1. The van der Waals surface area contributed by atoms with Crippen molar-refractivity contribution in [3.63, 3.8) is 0 Å². The molecule has 0 saturated heterocycles. The Hall–Kier alpha value is -1.51. The summed E-state index contributed by atoms with van der Waals surface area (Å²) in [5.41, 5.74) is 7.36. The Morgan fingerprint density at radius 3 is 2.74 bits per heavy atom. The molecule has 0 spiro atoms. The third-order valence-corrected chi connectivity index (χ3v) is 4.44. The largest absolute Gasteiger partial charge is 0.370 e. The van der Waals surface area contributed by atoms with Gasteiger partial charge in [-0.25, -0.2) is 0 Å². The third kappa shape index (κ3) is 3.28. The van der Waals surface area contributed by atoms with Crippen LogP contribution in [0.5, 0.6) is 0 Å². The zero-order chi connectivity index (χ0) is 13.1. The standard InChI is InChI=1S/C16H23N3/c17-16(18-10-12-5-4-6-12)19-11-14-9-15(14)13-7-2-1-3-8-13/h1-3,7-8,12,14-15H,4-6,9-11H2,(H3,17,18,19)/t14-,15-/m0/s1. The van der Waals surface area contributed by atoms with Crippen molar-refractivity contribution in [3.8, 4) is 0 Å². The van der Waals surface area contributed by atoms with Gasteiger partial charge in [0.2, 0.25) is 0 Å². The van der Waals surface area contributed by atoms with Gasteiger partial charge in [-0.3, -0.25) is 4.99 Å². The number of aliphatic imine (C=N–C) groups is 1. The summed E-state index contributed by atoms with van der Waals surface area (Å²) in [5.74, 6) is 2.86. The second kappa shape index (κ2) is 5.64. The van der Waals surface area contributed by atoms with Crippen LogP contribution in [0.4, 0.5) is 0 Å². The van der Waals surface area contributed by atoms with Crippen LogP contribution in [0.25, 0.3) is 0 Å². The molecule has 0 heterocycles. The van der Waals surface area contributed by atoms with Crippen LogP contribution in [0.2, 0.25) is 0 Å². The Kier molecular flexibility index (Phi) is 3.72. The number of guanidine groups is 1. The van der Waals surface area contributed by atoms with Gasteiger partial charge in [0, 0.05) is 13.1 Å². The van der Waals surface area contributed by atoms with Gasteiger partial charge < -0.3 is 11.1 Å². The molecule has 2 fully saturated rings. The lowest BCUT2D eigenvalue weighted by molar-refractivity contribution is 0.326. The minimum atomic E-state index is 0.630. The van der Waals surface area contributed by atoms with Gasteiger partial charge in [-0.2, -0.15) is 0 Å². The minimum Gasteiger partial charge on any atom is -0.370 e. The third-order valence-electron chi connectivity index (χ3n) is 4.44. The van der Waals surface area contributed by atoms with E-state index in [0.717, 1.165) is 24.9 Å². The molecule has 3 nitrogen and oxygen atoms in total. The second-order valence-corrected chi connectivity index (χ2v) is 5.92. The Balaban J connectivity index is 1.39. The first-order chi connectivity index (χ1) is 9.33. The fourth-order valence-corrected chi connectivity index (χ4v) is 2.78. The molecule has 2 aliphatic carbocycles. The van der Waals surface area contributed by atoms with Crippen molar-refractivity contribution < 1.29 is 0 Å². The van der Waals surface area contributed by atoms with Crippen molar-refractivity contribution in [1.29, 1.82) is 0 Å². The lowest BCUT2D eigenvalue weighted by Gasteiger charge is -2.23. The first-order valence-electron chi connectivity index (χ1n) is 7.41. The van der Waals surface area contributed by atoms with Gasteiger partial charge in [0.05, 0.1) is 0 Å². The summed E-state index contributed by atoms with van der Waals surface area (Å²) in [5, 5.41) is 3.28. The highest BCUT2D eigenvalue weighted by atomic mass is 15.1. The van der Waals surface area contributed by atoms with Crippen LogP contribution in [-0.4, -0.2) is 19.0 Å². The number of nitrogens with one attached hydrogen (secondary N) is 1. The van der Waals surface area contributed by atoms with E-state index >= 15 is 0 Å². The van der Waals surface area contributed by atoms with Crippen LogP contribution in [0.15, 0.2) is 35.3 Å². The maximum atomic E-state index is 5.90. The molecule has 0 aromatic heterocycles. The predicted octanol–water partition coefficient (Wildman–Crippen LogP) is 2.49. The highest BCUT2D eigenvalue weighted by Gasteiger charge is 2.37. The van der Waals surface area contributed by atoms with Crippen LogP contribution in [-0.2, 0) is 0 Å². The van der Waals surface area contributed by atoms with Crippen molar-refractivity contribution >= 4 is 5.96 Å². The average Bonchev–Trinajstić information content (AvgIpc) is 3.15. The summed E-state index contributed by atoms with van der Waals surface area (Å²) >= 11 is 0. The Morgan fingerprint density at radius 2 is 2.05 bits per heavy atom. The van der Waals surface area contributed by atoms with E-state index in [-0.39, 0.29) is 0 Å². The lowest BCUT2D eigenvalue weighted by Crippen LogP contribution is -2.34. The van der Waals surface area contributed by atoms with Crippen LogP contribution >= 0.6 is 0 Å². The van der Waals surface area contributed by atoms with Gasteiger partial charge in [-0.1, -0.05) is 36.8 Å². The Labute approximate surface area is 115 Å². The van der Waals surface area contributed by atoms with Gasteiger partial charge in [0.1, 0.15) is 0 Å². The molecule has 19 heavy (non-hydrogen) atoms. The van der Waals surface area contributed by atoms with E-state index in [2.05, 4.69) is 40.6 Å². The van der Waals surface area contributed by atoms with Crippen molar-refractivity contribution in [2.75, 3.05) is 13.1 Å². The van der Waals surface area contributed by atoms with E-state index in [0.29, 0.717) is 11.9 Å². The number of benzene rings is 1. The SMILES string of the molecule is NC(=NCC1CCC1)NC[C@@H]1C[C@H]1c1ccccc1. The summed E-state index contributed by atoms with van der Waals surface area (Å²) in [6.07, 6.45) is 5.30. The number of rotatable bonds is 5. The van der Waals surface area contributed by atoms with Gasteiger partial charge in [0.15, 0.2) is 5.96 Å². The summed E-state index contributed by atoms with van der Waals surface area (Å²) in [6, 6.07) is 10.8. The van der Waals surface area contributed by atoms with E-state index in [1.807, 2.05) is 0 Å². The predicted molar refractivity (Wildman–Crippen MR) is 79.1 cm³/mol. The molecular weight excluding hydrogens is 234 g/mol. The zero-order valence-electron chi connectivity index (χ0n) is 11.4. The minimum absolute atomic E-state index is 0.630. The van der Waals surface area contributed by atoms with Gasteiger partial charge in [-0.15, -0.1) is 0 Å². The molecule has 2 atom stereocenters. The maximum Gasteiger partial charge on any atom is 0.188 e. The fourth-order valence-electron chi connectivity index (χ4n) is 2.78. The Bertz CT molecular complexity index is 437. The van der Waals surface area contributed by atoms with Gasteiger partial charge in [-0.05, 0) is 42.6 Å². The quantitative estimate of drug-likeness (QED) is 0.629. The van der Waals surface area contributed by atoms with Crippen LogP contribution < -0.4 is 11.1 Å². The molecule has 2 saturated carbocycles. The van der Waals surface area contributed by atoms with Gasteiger partial charge in [0.25, 0.3) is 0 Å². The maximum absolute atomic E-state index is 5.90. The summed E-state index contributed by atoms with van der Waals surface area (Å²) in [4.78, 5) is 4.43. The topological polar surface area (TPSA) is 50.4 Å². The zero-order valence-corrected chi connectivity index (χ0v) is 11.4. The molecule has 3 N–H and O–H groups in total. The average molecular weight is 257 g/mol. The number of nitrogens with two attached hydrogens (primary N) is 1. The van der Waals surface area contributed by atoms with Gasteiger partial charge >= 0.3 is 0 Å². The number of nitrogens with zero attached hydrogens (tertiary/aromatic N) is 1. The highest BCUT2D eigenvalue weighted by Crippen LogP contribution is 2.46. The molecular formula is C16H23N3. The summed E-state index contributed by atoms with van der Waals surface area (Å²) in [6.45, 7) is 1.87. The molecule has 0 unspecified atom stereocenters. The van der Waals surface area contributed by atoms with Crippen molar-refractivity contribution in [1.82, 2.24) is 5.32 Å². The van der Waals surface area contributed by atoms with E-state index in [1.54, 1.807) is 0 Å². The summed E-state index contributed by atoms with van der Waals surface area (Å²) in [7, 11) is 0. The molecule has 3 heteroatoms. The van der Waals surface area contributed by atoms with E-state index in [1.165, 1.54) is 31.2 Å². The van der Waals surface area contributed by atoms with Crippen molar-refractivity contribution in [2.45, 2.75) is 31.6 Å². The molecule has 102 valence electrons. The van der Waals surface area contributed by atoms with Crippen LogP contribution in [0.1, 0.15) is 37.2 Å². The number of hydrogen-bond donors (Lipinski definition) is 2. The van der Waals surface area contributed by atoms with E-state index in [9.17, 15) is 0 Å². The molecule has 3 rings (SSSR count). The highest BCUT2D eigenvalue weighted by molar-refractivity contribution is 5.77. The Morgan fingerprint density at radius 1 is 1.26 bits per heavy atom.